The van der Waals surface area contributed by atoms with Crippen molar-refractivity contribution >= 4 is 6.21 Å². The van der Waals surface area contributed by atoms with Crippen LogP contribution in [-0.4, -0.2) is 11.8 Å². The van der Waals surface area contributed by atoms with Crippen LogP contribution >= 0.6 is 0 Å². The standard InChI is InChI=1S/C12H13N/c1-2-9-6-10-4-3-5-13-12(10)8-11(12)7-9/h3-7,11H,2,8H2,1H3. The average molecular weight is 171 g/mol. The van der Waals surface area contributed by atoms with Gasteiger partial charge >= 0.3 is 0 Å². The fourth-order valence-corrected chi connectivity index (χ4v) is 2.39. The molecule has 2 unspecified atom stereocenters. The highest BCUT2D eigenvalue weighted by Gasteiger charge is 2.56. The minimum atomic E-state index is 0.188. The summed E-state index contributed by atoms with van der Waals surface area (Å²) in [4.78, 5) is 4.60. The van der Waals surface area contributed by atoms with E-state index in [1.54, 1.807) is 0 Å². The summed E-state index contributed by atoms with van der Waals surface area (Å²) in [6, 6.07) is 0. The van der Waals surface area contributed by atoms with Crippen LogP contribution in [-0.2, 0) is 0 Å². The number of rotatable bonds is 1. The summed E-state index contributed by atoms with van der Waals surface area (Å²) in [5.41, 5.74) is 3.10. The van der Waals surface area contributed by atoms with Gasteiger partial charge in [0.15, 0.2) is 0 Å². The molecule has 0 N–H and O–H groups in total. The highest BCUT2D eigenvalue weighted by Crippen LogP contribution is 2.57. The van der Waals surface area contributed by atoms with Gasteiger partial charge in [-0.1, -0.05) is 30.7 Å². The second-order valence-corrected chi connectivity index (χ2v) is 4.07. The minimum absolute atomic E-state index is 0.188. The van der Waals surface area contributed by atoms with E-state index in [1.165, 1.54) is 17.6 Å². The maximum atomic E-state index is 4.60. The summed E-state index contributed by atoms with van der Waals surface area (Å²) in [6.07, 6.45) is 13.3. The van der Waals surface area contributed by atoms with E-state index in [-0.39, 0.29) is 5.54 Å². The highest BCUT2D eigenvalue weighted by molar-refractivity contribution is 5.77. The molecule has 1 nitrogen and oxygen atoms in total. The summed E-state index contributed by atoms with van der Waals surface area (Å²) >= 11 is 0. The Bertz CT molecular complexity index is 371. The molecule has 1 saturated carbocycles. The van der Waals surface area contributed by atoms with Crippen LogP contribution < -0.4 is 0 Å². The van der Waals surface area contributed by atoms with Crippen LogP contribution in [0.1, 0.15) is 19.8 Å². The molecular formula is C12H13N. The molecule has 1 fully saturated rings. The number of hydrogen-bond acceptors (Lipinski definition) is 1. The van der Waals surface area contributed by atoms with Gasteiger partial charge in [-0.3, -0.25) is 4.99 Å². The zero-order valence-electron chi connectivity index (χ0n) is 7.83. The van der Waals surface area contributed by atoms with Gasteiger partial charge < -0.3 is 0 Å². The first-order valence-corrected chi connectivity index (χ1v) is 5.00. The quantitative estimate of drug-likeness (QED) is 0.575. The third kappa shape index (κ3) is 0.846. The second kappa shape index (κ2) is 2.22. The molecule has 1 heteroatoms. The van der Waals surface area contributed by atoms with Gasteiger partial charge in [-0.05, 0) is 24.5 Å². The van der Waals surface area contributed by atoms with Crippen LogP contribution in [0, 0.1) is 5.92 Å². The predicted molar refractivity (Wildman–Crippen MR) is 54.9 cm³/mol. The van der Waals surface area contributed by atoms with Gasteiger partial charge in [-0.2, -0.15) is 0 Å². The van der Waals surface area contributed by atoms with Crippen molar-refractivity contribution < 1.29 is 0 Å². The number of aliphatic imine (C=N–C) groups is 1. The summed E-state index contributed by atoms with van der Waals surface area (Å²) in [6.45, 7) is 2.22. The molecule has 0 aromatic rings. The van der Waals surface area contributed by atoms with E-state index in [0.717, 1.165) is 6.42 Å². The molecule has 2 atom stereocenters. The van der Waals surface area contributed by atoms with E-state index >= 15 is 0 Å². The third-order valence-corrected chi connectivity index (χ3v) is 3.32. The first-order valence-electron chi connectivity index (χ1n) is 5.00. The Balaban J connectivity index is 2.07. The van der Waals surface area contributed by atoms with Crippen LogP contribution in [0.2, 0.25) is 0 Å². The molecule has 3 aliphatic rings. The van der Waals surface area contributed by atoms with Crippen LogP contribution in [0.3, 0.4) is 0 Å². The van der Waals surface area contributed by atoms with Crippen molar-refractivity contribution in [2.24, 2.45) is 10.9 Å². The van der Waals surface area contributed by atoms with Gasteiger partial charge in [0.2, 0.25) is 0 Å². The molecule has 0 amide bonds. The monoisotopic (exact) mass is 171 g/mol. The molecule has 3 rings (SSSR count). The second-order valence-electron chi connectivity index (χ2n) is 4.07. The Hall–Kier alpha value is -1.11. The molecule has 1 spiro atoms. The largest absolute Gasteiger partial charge is 0.281 e. The van der Waals surface area contributed by atoms with Crippen molar-refractivity contribution in [1.82, 2.24) is 0 Å². The molecule has 1 aliphatic heterocycles. The van der Waals surface area contributed by atoms with Crippen LogP contribution in [0.5, 0.6) is 0 Å². The lowest BCUT2D eigenvalue weighted by atomic mass is 9.92. The fourth-order valence-electron chi connectivity index (χ4n) is 2.39. The van der Waals surface area contributed by atoms with Gasteiger partial charge in [0, 0.05) is 12.1 Å². The van der Waals surface area contributed by atoms with Crippen molar-refractivity contribution in [3.8, 4) is 0 Å². The van der Waals surface area contributed by atoms with Crippen molar-refractivity contribution in [1.29, 1.82) is 0 Å². The molecule has 0 saturated heterocycles. The van der Waals surface area contributed by atoms with E-state index in [0.29, 0.717) is 5.92 Å². The van der Waals surface area contributed by atoms with Gasteiger partial charge in [0.25, 0.3) is 0 Å². The van der Waals surface area contributed by atoms with Gasteiger partial charge in [0.05, 0.1) is 5.54 Å². The molecular weight excluding hydrogens is 158 g/mol. The molecule has 13 heavy (non-hydrogen) atoms. The fraction of sp³-hybridized carbons (Fsp3) is 0.417. The van der Waals surface area contributed by atoms with Crippen LogP contribution in [0.4, 0.5) is 0 Å². The average Bonchev–Trinajstić information content (AvgIpc) is 2.87. The lowest BCUT2D eigenvalue weighted by molar-refractivity contribution is 0.750. The van der Waals surface area contributed by atoms with Crippen LogP contribution in [0.15, 0.2) is 40.4 Å². The highest BCUT2D eigenvalue weighted by atomic mass is 15.0. The zero-order chi connectivity index (χ0) is 8.89. The summed E-state index contributed by atoms with van der Waals surface area (Å²) in [7, 11) is 0. The van der Waals surface area contributed by atoms with E-state index in [2.05, 4.69) is 30.1 Å². The molecule has 0 aromatic carbocycles. The van der Waals surface area contributed by atoms with Gasteiger partial charge in [-0.25, -0.2) is 0 Å². The van der Waals surface area contributed by atoms with Gasteiger partial charge in [-0.15, -0.1) is 0 Å². The van der Waals surface area contributed by atoms with E-state index < -0.39 is 0 Å². The molecule has 0 bridgehead atoms. The minimum Gasteiger partial charge on any atom is -0.281 e. The van der Waals surface area contributed by atoms with Crippen molar-refractivity contribution in [2.45, 2.75) is 25.3 Å². The number of allylic oxidation sites excluding steroid dienone is 3. The smallest absolute Gasteiger partial charge is 0.0926 e. The van der Waals surface area contributed by atoms with Crippen molar-refractivity contribution in [3.63, 3.8) is 0 Å². The Morgan fingerprint density at radius 2 is 2.54 bits per heavy atom. The first-order chi connectivity index (χ1) is 6.35. The maximum Gasteiger partial charge on any atom is 0.0926 e. The summed E-state index contributed by atoms with van der Waals surface area (Å²) in [5, 5.41) is 0. The van der Waals surface area contributed by atoms with E-state index in [9.17, 15) is 0 Å². The third-order valence-electron chi connectivity index (χ3n) is 3.32. The lowest BCUT2D eigenvalue weighted by Gasteiger charge is -2.20. The Morgan fingerprint density at radius 3 is 3.38 bits per heavy atom. The molecule has 66 valence electrons. The summed E-state index contributed by atoms with van der Waals surface area (Å²) in [5.74, 6) is 0.698. The molecule has 0 aromatic heterocycles. The number of nitrogens with zero attached hydrogens (tertiary/aromatic N) is 1. The molecule has 1 heterocycles. The SMILES string of the molecule is CCC1=CC2CC23N=CC=CC3=C1. The normalized spacial score (nSPS) is 39.0. The lowest BCUT2D eigenvalue weighted by Crippen LogP contribution is -2.16. The maximum absolute atomic E-state index is 4.60. The van der Waals surface area contributed by atoms with Crippen molar-refractivity contribution in [2.75, 3.05) is 0 Å². The Labute approximate surface area is 78.6 Å². The first kappa shape index (κ1) is 7.31. The topological polar surface area (TPSA) is 12.4 Å². The van der Waals surface area contributed by atoms with E-state index in [4.69, 9.17) is 0 Å². The number of hydrogen-bond donors (Lipinski definition) is 0. The summed E-state index contributed by atoms with van der Waals surface area (Å²) < 4.78 is 0. The zero-order valence-corrected chi connectivity index (χ0v) is 7.83. The van der Waals surface area contributed by atoms with Gasteiger partial charge in [0.1, 0.15) is 0 Å². The Morgan fingerprint density at radius 1 is 1.62 bits per heavy atom. The predicted octanol–water partition coefficient (Wildman–Crippen LogP) is 2.66. The molecule has 2 aliphatic carbocycles. The molecule has 0 radical (unpaired) electrons. The van der Waals surface area contributed by atoms with Crippen molar-refractivity contribution in [3.05, 3.63) is 35.5 Å². The van der Waals surface area contributed by atoms with E-state index in [1.807, 2.05) is 12.3 Å². The van der Waals surface area contributed by atoms with Crippen LogP contribution in [0.25, 0.3) is 0 Å². The Kier molecular flexibility index (Phi) is 1.25. The number of dihydropyridines is 1.